The number of carbonyl (C=O) groups is 2. The van der Waals surface area contributed by atoms with Crippen LogP contribution in [0.1, 0.15) is 20.7 Å². The summed E-state index contributed by atoms with van der Waals surface area (Å²) in [5, 5.41) is 1.98. The Bertz CT molecular complexity index is 390. The van der Waals surface area contributed by atoms with Gasteiger partial charge in [0.2, 0.25) is 0 Å². The van der Waals surface area contributed by atoms with Gasteiger partial charge < -0.3 is 5.32 Å². The van der Waals surface area contributed by atoms with Gasteiger partial charge in [-0.15, -0.1) is 0 Å². The van der Waals surface area contributed by atoms with Crippen molar-refractivity contribution in [1.29, 1.82) is 0 Å². The lowest BCUT2D eigenvalue weighted by Gasteiger charge is -2.02. The van der Waals surface area contributed by atoms with E-state index in [-0.39, 0.29) is 16.5 Å². The second-order valence-corrected chi connectivity index (χ2v) is 3.30. The lowest BCUT2D eigenvalue weighted by Crippen LogP contribution is -2.18. The molecule has 0 atom stereocenters. The molecule has 74 valence electrons. The van der Waals surface area contributed by atoms with Crippen molar-refractivity contribution in [3.63, 3.8) is 0 Å². The molecule has 0 unspecified atom stereocenters. The smallest absolute Gasteiger partial charge is 0.253 e. The molecular formula is C9H7Cl2NO2. The molecule has 1 N–H and O–H groups in total. The van der Waals surface area contributed by atoms with Gasteiger partial charge in [0, 0.05) is 12.6 Å². The minimum Gasteiger partial charge on any atom is -0.355 e. The highest BCUT2D eigenvalue weighted by atomic mass is 35.5. The van der Waals surface area contributed by atoms with E-state index < -0.39 is 5.24 Å². The Kier molecular flexibility index (Phi) is 3.49. The molecule has 0 aliphatic heterocycles. The Hall–Kier alpha value is -1.06. The van der Waals surface area contributed by atoms with Gasteiger partial charge in [-0.25, -0.2) is 0 Å². The van der Waals surface area contributed by atoms with Crippen LogP contribution in [0.25, 0.3) is 0 Å². The maximum atomic E-state index is 11.2. The van der Waals surface area contributed by atoms with E-state index in [9.17, 15) is 9.59 Å². The molecule has 0 spiro atoms. The van der Waals surface area contributed by atoms with E-state index in [1.165, 1.54) is 25.2 Å². The predicted molar refractivity (Wildman–Crippen MR) is 55.0 cm³/mol. The second-order valence-electron chi connectivity index (χ2n) is 2.55. The summed E-state index contributed by atoms with van der Waals surface area (Å²) in [5.74, 6) is -0.291. The first-order valence-electron chi connectivity index (χ1n) is 3.77. The van der Waals surface area contributed by atoms with Crippen molar-refractivity contribution < 1.29 is 9.59 Å². The predicted octanol–water partition coefficient (Wildman–Crippen LogP) is 2.08. The van der Waals surface area contributed by atoms with Gasteiger partial charge in [0.1, 0.15) is 0 Å². The van der Waals surface area contributed by atoms with Crippen molar-refractivity contribution in [3.05, 3.63) is 34.3 Å². The number of nitrogens with one attached hydrogen (secondary N) is 1. The van der Waals surface area contributed by atoms with Gasteiger partial charge in [-0.3, -0.25) is 9.59 Å². The van der Waals surface area contributed by atoms with Crippen LogP contribution in [0.15, 0.2) is 18.2 Å². The highest BCUT2D eigenvalue weighted by Gasteiger charge is 2.11. The lowest BCUT2D eigenvalue weighted by molar-refractivity contribution is 0.0963. The first-order chi connectivity index (χ1) is 6.56. The fraction of sp³-hybridized carbons (Fsp3) is 0.111. The van der Waals surface area contributed by atoms with Gasteiger partial charge in [-0.05, 0) is 29.8 Å². The number of hydrogen-bond acceptors (Lipinski definition) is 2. The van der Waals surface area contributed by atoms with Crippen molar-refractivity contribution in [1.82, 2.24) is 5.32 Å². The van der Waals surface area contributed by atoms with E-state index in [2.05, 4.69) is 5.32 Å². The molecule has 5 heteroatoms. The summed E-state index contributed by atoms with van der Waals surface area (Å²) in [7, 11) is 1.50. The summed E-state index contributed by atoms with van der Waals surface area (Å²) < 4.78 is 0. The number of hydrogen-bond donors (Lipinski definition) is 1. The van der Waals surface area contributed by atoms with E-state index in [4.69, 9.17) is 23.2 Å². The van der Waals surface area contributed by atoms with Crippen LogP contribution in [0.3, 0.4) is 0 Å². The third-order valence-electron chi connectivity index (χ3n) is 1.67. The minimum absolute atomic E-state index is 0.134. The van der Waals surface area contributed by atoms with Crippen molar-refractivity contribution in [2.24, 2.45) is 0 Å². The maximum absolute atomic E-state index is 11.2. The molecule has 1 aromatic carbocycles. The molecule has 3 nitrogen and oxygen atoms in total. The van der Waals surface area contributed by atoms with Gasteiger partial charge in [-0.1, -0.05) is 11.6 Å². The van der Waals surface area contributed by atoms with Gasteiger partial charge in [0.05, 0.1) is 10.6 Å². The van der Waals surface area contributed by atoms with E-state index in [0.717, 1.165) is 0 Å². The fourth-order valence-electron chi connectivity index (χ4n) is 0.961. The number of rotatable bonds is 2. The molecule has 0 fully saturated rings. The van der Waals surface area contributed by atoms with Gasteiger partial charge in [0.15, 0.2) is 0 Å². The SMILES string of the molecule is CNC(=O)c1ccc(Cl)c(C(=O)Cl)c1. The van der Waals surface area contributed by atoms with Crippen LogP contribution in [0, 0.1) is 0 Å². The molecule has 0 aromatic heterocycles. The van der Waals surface area contributed by atoms with E-state index >= 15 is 0 Å². The highest BCUT2D eigenvalue weighted by molar-refractivity contribution is 6.68. The summed E-state index contributed by atoms with van der Waals surface area (Å²) in [6.45, 7) is 0. The Labute approximate surface area is 91.0 Å². The molecule has 0 bridgehead atoms. The molecule has 0 aliphatic rings. The Balaban J connectivity index is 3.19. The molecule has 0 heterocycles. The molecule has 0 radical (unpaired) electrons. The molecule has 1 rings (SSSR count). The summed E-state index contributed by atoms with van der Waals surface area (Å²) >= 11 is 11.0. The third-order valence-corrected chi connectivity index (χ3v) is 2.20. The van der Waals surface area contributed by atoms with Crippen LogP contribution in [-0.4, -0.2) is 18.2 Å². The van der Waals surface area contributed by atoms with Crippen LogP contribution < -0.4 is 5.32 Å². The second kappa shape index (κ2) is 4.44. The maximum Gasteiger partial charge on any atom is 0.253 e. The Morgan fingerprint density at radius 3 is 2.50 bits per heavy atom. The summed E-state index contributed by atoms with van der Waals surface area (Å²) in [6.07, 6.45) is 0. The van der Waals surface area contributed by atoms with Gasteiger partial charge in [-0.2, -0.15) is 0 Å². The number of amides is 1. The van der Waals surface area contributed by atoms with Crippen LogP contribution in [-0.2, 0) is 0 Å². The largest absolute Gasteiger partial charge is 0.355 e. The fourth-order valence-corrected chi connectivity index (χ4v) is 1.37. The first-order valence-corrected chi connectivity index (χ1v) is 4.53. The summed E-state index contributed by atoms with van der Waals surface area (Å²) in [5.41, 5.74) is 0.482. The number of halogens is 2. The zero-order chi connectivity index (χ0) is 10.7. The summed E-state index contributed by atoms with van der Waals surface area (Å²) in [4.78, 5) is 22.1. The van der Waals surface area contributed by atoms with Crippen molar-refractivity contribution >= 4 is 34.4 Å². The normalized spacial score (nSPS) is 9.64. The number of carbonyl (C=O) groups excluding carboxylic acids is 2. The van der Waals surface area contributed by atoms with Crippen LogP contribution in [0.5, 0.6) is 0 Å². The zero-order valence-electron chi connectivity index (χ0n) is 7.30. The monoisotopic (exact) mass is 231 g/mol. The summed E-state index contributed by atoms with van der Waals surface area (Å²) in [6, 6.07) is 4.34. The zero-order valence-corrected chi connectivity index (χ0v) is 8.82. The van der Waals surface area contributed by atoms with Crippen LogP contribution in [0.4, 0.5) is 0 Å². The average molecular weight is 232 g/mol. The van der Waals surface area contributed by atoms with Gasteiger partial charge >= 0.3 is 0 Å². The van der Waals surface area contributed by atoms with Crippen molar-refractivity contribution in [2.45, 2.75) is 0 Å². The molecule has 0 saturated carbocycles. The molecule has 1 aromatic rings. The topological polar surface area (TPSA) is 46.2 Å². The molecule has 0 aliphatic carbocycles. The lowest BCUT2D eigenvalue weighted by atomic mass is 10.1. The molecule has 1 amide bonds. The molecule has 14 heavy (non-hydrogen) atoms. The van der Waals surface area contributed by atoms with E-state index in [1.807, 2.05) is 0 Å². The van der Waals surface area contributed by atoms with Crippen LogP contribution in [0.2, 0.25) is 5.02 Å². The quantitative estimate of drug-likeness (QED) is 0.793. The van der Waals surface area contributed by atoms with Crippen molar-refractivity contribution in [2.75, 3.05) is 7.05 Å². The van der Waals surface area contributed by atoms with E-state index in [0.29, 0.717) is 5.56 Å². The van der Waals surface area contributed by atoms with E-state index in [1.54, 1.807) is 0 Å². The average Bonchev–Trinajstić information content (AvgIpc) is 2.17. The highest BCUT2D eigenvalue weighted by Crippen LogP contribution is 2.19. The standard InChI is InChI=1S/C9H7Cl2NO2/c1-12-9(14)5-2-3-7(10)6(4-5)8(11)13/h2-4H,1H3,(H,12,14). The van der Waals surface area contributed by atoms with Gasteiger partial charge in [0.25, 0.3) is 11.1 Å². The Morgan fingerprint density at radius 1 is 1.36 bits per heavy atom. The van der Waals surface area contributed by atoms with Crippen molar-refractivity contribution in [3.8, 4) is 0 Å². The molecule has 0 saturated heterocycles. The van der Waals surface area contributed by atoms with Crippen LogP contribution >= 0.6 is 23.2 Å². The third kappa shape index (κ3) is 2.25. The first kappa shape index (κ1) is 11.0. The Morgan fingerprint density at radius 2 is 2.00 bits per heavy atom. The molecular weight excluding hydrogens is 225 g/mol. The minimum atomic E-state index is -0.680. The number of benzene rings is 1.